The topological polar surface area (TPSA) is 63.3 Å². The van der Waals surface area contributed by atoms with Crippen LogP contribution in [0.5, 0.6) is 0 Å². The second-order valence-electron chi connectivity index (χ2n) is 2.69. The van der Waals surface area contributed by atoms with Gasteiger partial charge in [0.2, 0.25) is 0 Å². The molecule has 0 aromatic rings. The second kappa shape index (κ2) is 4.28. The van der Waals surface area contributed by atoms with E-state index < -0.39 is 12.0 Å². The number of nitrogens with two attached hydrogens (primary N) is 1. The van der Waals surface area contributed by atoms with Gasteiger partial charge in [-0.25, -0.2) is 0 Å². The van der Waals surface area contributed by atoms with Crippen LogP contribution in [0, 0.1) is 5.92 Å². The fourth-order valence-electron chi connectivity index (χ4n) is 0.568. The van der Waals surface area contributed by atoms with Crippen molar-refractivity contribution in [2.24, 2.45) is 5.73 Å². The van der Waals surface area contributed by atoms with Crippen LogP contribution in [0.2, 0.25) is 0 Å². The van der Waals surface area contributed by atoms with Crippen LogP contribution in [0.25, 0.3) is 0 Å². The lowest BCUT2D eigenvalue weighted by Gasteiger charge is -2.06. The predicted octanol–water partition coefficient (Wildman–Crippen LogP) is 0.793. The molecule has 10 heavy (non-hydrogen) atoms. The number of carboxylic acids is 1. The Morgan fingerprint density at radius 3 is 2.40 bits per heavy atom. The third-order valence-corrected chi connectivity index (χ3v) is 1.27. The Bertz CT molecular complexity index is 112. The van der Waals surface area contributed by atoms with Crippen LogP contribution in [-0.2, 0) is 4.79 Å². The van der Waals surface area contributed by atoms with Gasteiger partial charge in [0.15, 0.2) is 0 Å². The Balaban J connectivity index is 3.40. The van der Waals surface area contributed by atoms with Crippen LogP contribution in [0.1, 0.15) is 26.7 Å². The van der Waals surface area contributed by atoms with Crippen molar-refractivity contribution in [1.82, 2.24) is 0 Å². The molecule has 0 heterocycles. The van der Waals surface area contributed by atoms with Crippen molar-refractivity contribution in [2.75, 3.05) is 0 Å². The molecular weight excluding hydrogens is 130 g/mol. The van der Waals surface area contributed by atoms with Crippen LogP contribution in [-0.4, -0.2) is 17.1 Å². The number of carboxylic acid groups (broad SMARTS) is 1. The molecule has 1 atom stereocenters. The van der Waals surface area contributed by atoms with E-state index in [0.29, 0.717) is 6.42 Å². The number of aliphatic carboxylic acids is 1. The standard InChI is InChI=1S/C7H14NO2/c1-5(2)3-4-6(8)7(9)10/h6H,3-4,8H2,1-2H3,(H,9,10)/t6-/m0/s1. The summed E-state index contributed by atoms with van der Waals surface area (Å²) in [7, 11) is 0. The minimum atomic E-state index is -0.916. The minimum Gasteiger partial charge on any atom is -0.480 e. The third-order valence-electron chi connectivity index (χ3n) is 1.27. The van der Waals surface area contributed by atoms with E-state index >= 15 is 0 Å². The smallest absolute Gasteiger partial charge is 0.320 e. The molecule has 1 radical (unpaired) electrons. The summed E-state index contributed by atoms with van der Waals surface area (Å²) in [4.78, 5) is 10.2. The van der Waals surface area contributed by atoms with Crippen LogP contribution in [0.3, 0.4) is 0 Å². The van der Waals surface area contributed by atoms with E-state index in [1.807, 2.05) is 13.8 Å². The van der Waals surface area contributed by atoms with Gasteiger partial charge in [-0.2, -0.15) is 0 Å². The average Bonchev–Trinajstić information content (AvgIpc) is 1.82. The SMILES string of the molecule is C[C](C)CC[C@H](N)C(=O)O. The molecule has 0 saturated carbocycles. The fourth-order valence-corrected chi connectivity index (χ4v) is 0.568. The van der Waals surface area contributed by atoms with Gasteiger partial charge in [-0.15, -0.1) is 0 Å². The van der Waals surface area contributed by atoms with Crippen molar-refractivity contribution in [1.29, 1.82) is 0 Å². The van der Waals surface area contributed by atoms with E-state index in [1.165, 1.54) is 5.92 Å². The average molecular weight is 144 g/mol. The molecule has 3 N–H and O–H groups in total. The van der Waals surface area contributed by atoms with Gasteiger partial charge in [0.1, 0.15) is 6.04 Å². The number of hydrogen-bond acceptors (Lipinski definition) is 2. The molecule has 0 aromatic carbocycles. The number of hydrogen-bond donors (Lipinski definition) is 2. The summed E-state index contributed by atoms with van der Waals surface area (Å²) in [6.07, 6.45) is 1.34. The molecule has 59 valence electrons. The van der Waals surface area contributed by atoms with Gasteiger partial charge in [0.05, 0.1) is 0 Å². The Morgan fingerprint density at radius 2 is 2.10 bits per heavy atom. The molecule has 0 unspecified atom stereocenters. The van der Waals surface area contributed by atoms with Crippen LogP contribution in [0.15, 0.2) is 0 Å². The van der Waals surface area contributed by atoms with Crippen molar-refractivity contribution in [3.63, 3.8) is 0 Å². The normalized spacial score (nSPS) is 13.6. The Morgan fingerprint density at radius 1 is 1.60 bits per heavy atom. The van der Waals surface area contributed by atoms with Crippen molar-refractivity contribution in [3.05, 3.63) is 5.92 Å². The first-order chi connectivity index (χ1) is 4.54. The first-order valence-electron chi connectivity index (χ1n) is 3.31. The van der Waals surface area contributed by atoms with Gasteiger partial charge < -0.3 is 10.8 Å². The third kappa shape index (κ3) is 4.32. The van der Waals surface area contributed by atoms with Crippen molar-refractivity contribution >= 4 is 5.97 Å². The van der Waals surface area contributed by atoms with E-state index in [0.717, 1.165) is 6.42 Å². The first-order valence-corrected chi connectivity index (χ1v) is 3.31. The summed E-state index contributed by atoms with van der Waals surface area (Å²) in [5.74, 6) is 0.304. The zero-order chi connectivity index (χ0) is 8.15. The minimum absolute atomic E-state index is 0.539. The molecule has 3 heteroatoms. The predicted molar refractivity (Wildman–Crippen MR) is 39.4 cm³/mol. The summed E-state index contributed by atoms with van der Waals surface area (Å²) in [5.41, 5.74) is 5.25. The molecule has 0 amide bonds. The summed E-state index contributed by atoms with van der Waals surface area (Å²) in [5, 5.41) is 8.36. The molecule has 0 aromatic heterocycles. The second-order valence-corrected chi connectivity index (χ2v) is 2.69. The molecule has 0 bridgehead atoms. The highest BCUT2D eigenvalue weighted by Gasteiger charge is 2.10. The highest BCUT2D eigenvalue weighted by atomic mass is 16.4. The Hall–Kier alpha value is -0.570. The first kappa shape index (κ1) is 9.43. The Labute approximate surface area is 61.2 Å². The zero-order valence-electron chi connectivity index (χ0n) is 6.42. The van der Waals surface area contributed by atoms with Gasteiger partial charge in [0, 0.05) is 0 Å². The van der Waals surface area contributed by atoms with E-state index in [1.54, 1.807) is 0 Å². The molecule has 0 saturated heterocycles. The van der Waals surface area contributed by atoms with Crippen molar-refractivity contribution in [3.8, 4) is 0 Å². The molecule has 0 rings (SSSR count). The number of carbonyl (C=O) groups is 1. The van der Waals surface area contributed by atoms with Crippen molar-refractivity contribution in [2.45, 2.75) is 32.7 Å². The van der Waals surface area contributed by atoms with Crippen LogP contribution < -0.4 is 5.73 Å². The fraction of sp³-hybridized carbons (Fsp3) is 0.714. The molecular formula is C7H14NO2. The van der Waals surface area contributed by atoms with Gasteiger partial charge in [-0.1, -0.05) is 13.8 Å². The van der Waals surface area contributed by atoms with E-state index in [9.17, 15) is 4.79 Å². The maximum absolute atomic E-state index is 10.2. The maximum Gasteiger partial charge on any atom is 0.320 e. The molecule has 3 nitrogen and oxygen atoms in total. The van der Waals surface area contributed by atoms with E-state index in [-0.39, 0.29) is 0 Å². The quantitative estimate of drug-likeness (QED) is 0.613. The van der Waals surface area contributed by atoms with Crippen LogP contribution >= 0.6 is 0 Å². The summed E-state index contributed by atoms with van der Waals surface area (Å²) in [6.45, 7) is 3.93. The molecule has 0 fully saturated rings. The lowest BCUT2D eigenvalue weighted by Crippen LogP contribution is -2.30. The highest BCUT2D eigenvalue weighted by Crippen LogP contribution is 2.07. The van der Waals surface area contributed by atoms with Gasteiger partial charge in [0.25, 0.3) is 0 Å². The van der Waals surface area contributed by atoms with E-state index in [4.69, 9.17) is 10.8 Å². The summed E-state index contributed by atoms with van der Waals surface area (Å²) in [6, 6.07) is -0.699. The lowest BCUT2D eigenvalue weighted by molar-refractivity contribution is -0.138. The van der Waals surface area contributed by atoms with Crippen LogP contribution in [0.4, 0.5) is 0 Å². The summed E-state index contributed by atoms with van der Waals surface area (Å²) < 4.78 is 0. The Kier molecular flexibility index (Phi) is 4.03. The van der Waals surface area contributed by atoms with Gasteiger partial charge in [-0.3, -0.25) is 4.79 Å². The lowest BCUT2D eigenvalue weighted by atomic mass is 10.0. The van der Waals surface area contributed by atoms with Crippen molar-refractivity contribution < 1.29 is 9.90 Å². The maximum atomic E-state index is 10.2. The molecule has 0 aliphatic rings. The molecule has 0 spiro atoms. The van der Waals surface area contributed by atoms with E-state index in [2.05, 4.69) is 0 Å². The number of rotatable bonds is 4. The monoisotopic (exact) mass is 144 g/mol. The molecule has 0 aliphatic heterocycles. The van der Waals surface area contributed by atoms with Gasteiger partial charge in [-0.05, 0) is 18.8 Å². The zero-order valence-corrected chi connectivity index (χ0v) is 6.42. The highest BCUT2D eigenvalue weighted by molar-refractivity contribution is 5.72. The summed E-state index contributed by atoms with van der Waals surface area (Å²) >= 11 is 0. The van der Waals surface area contributed by atoms with Gasteiger partial charge >= 0.3 is 5.97 Å². The molecule has 0 aliphatic carbocycles. The largest absolute Gasteiger partial charge is 0.480 e.